The molecule has 1 aliphatic rings. The van der Waals surface area contributed by atoms with E-state index in [9.17, 15) is 18.5 Å². The van der Waals surface area contributed by atoms with E-state index < -0.39 is 20.5 Å². The topological polar surface area (TPSA) is 111 Å². The molecule has 0 aromatic heterocycles. The van der Waals surface area contributed by atoms with Crippen LogP contribution in [0, 0.1) is 10.1 Å². The summed E-state index contributed by atoms with van der Waals surface area (Å²) in [5.74, 6) is 0.0210. The molecule has 0 bridgehead atoms. The van der Waals surface area contributed by atoms with Gasteiger partial charge in [-0.2, -0.15) is 0 Å². The average molecular weight is 315 g/mol. The predicted molar refractivity (Wildman–Crippen MR) is 75.9 cm³/mol. The summed E-state index contributed by atoms with van der Waals surface area (Å²) in [6, 6.07) is 3.58. The van der Waals surface area contributed by atoms with Gasteiger partial charge in [0.1, 0.15) is 0 Å². The number of hydrogen-bond acceptors (Lipinski definition) is 6. The van der Waals surface area contributed by atoms with Crippen LogP contribution in [0.1, 0.15) is 13.3 Å². The van der Waals surface area contributed by atoms with Crippen molar-refractivity contribution in [2.75, 3.05) is 20.2 Å². The van der Waals surface area contributed by atoms with E-state index in [-0.39, 0.29) is 16.3 Å². The summed E-state index contributed by atoms with van der Waals surface area (Å²) in [5.41, 5.74) is -0.969. The van der Waals surface area contributed by atoms with Crippen molar-refractivity contribution in [3.63, 3.8) is 0 Å². The Hall–Kier alpha value is -1.71. The van der Waals surface area contributed by atoms with E-state index in [1.54, 1.807) is 6.92 Å². The number of hydrogen-bond donors (Lipinski definition) is 2. The van der Waals surface area contributed by atoms with E-state index in [1.165, 1.54) is 19.2 Å². The van der Waals surface area contributed by atoms with Gasteiger partial charge in [-0.15, -0.1) is 0 Å². The van der Waals surface area contributed by atoms with E-state index in [0.29, 0.717) is 13.0 Å². The fraction of sp³-hybridized carbons (Fsp3) is 0.500. The van der Waals surface area contributed by atoms with E-state index in [0.717, 1.165) is 12.6 Å². The highest BCUT2D eigenvalue weighted by Crippen LogP contribution is 2.30. The van der Waals surface area contributed by atoms with E-state index in [4.69, 9.17) is 4.74 Å². The van der Waals surface area contributed by atoms with E-state index in [1.807, 2.05) is 0 Å². The number of nitro groups is 1. The largest absolute Gasteiger partial charge is 0.490 e. The van der Waals surface area contributed by atoms with Crippen LogP contribution in [-0.4, -0.2) is 39.1 Å². The first-order valence-electron chi connectivity index (χ1n) is 6.34. The third-order valence-electron chi connectivity index (χ3n) is 3.41. The lowest BCUT2D eigenvalue weighted by Crippen LogP contribution is -2.47. The highest BCUT2D eigenvalue weighted by atomic mass is 32.2. The molecule has 0 aliphatic carbocycles. The second-order valence-electron chi connectivity index (χ2n) is 5.18. The molecule has 0 spiro atoms. The molecule has 0 amide bonds. The maximum Gasteiger partial charge on any atom is 0.312 e. The molecule has 1 saturated heterocycles. The molecule has 1 atom stereocenters. The smallest absolute Gasteiger partial charge is 0.312 e. The zero-order valence-corrected chi connectivity index (χ0v) is 12.6. The fourth-order valence-corrected chi connectivity index (χ4v) is 3.72. The van der Waals surface area contributed by atoms with Crippen LogP contribution in [-0.2, 0) is 10.0 Å². The van der Waals surface area contributed by atoms with Gasteiger partial charge < -0.3 is 10.1 Å². The predicted octanol–water partition coefficient (Wildman–Crippen LogP) is 0.634. The van der Waals surface area contributed by atoms with Gasteiger partial charge in [0.2, 0.25) is 10.0 Å². The SMILES string of the molecule is COc1ccc(S(=O)(=O)NC2(C)CCNC2)cc1[N+](=O)[O-]. The number of ether oxygens (including phenoxy) is 1. The lowest BCUT2D eigenvalue weighted by atomic mass is 10.0. The molecule has 8 nitrogen and oxygen atoms in total. The van der Waals surface area contributed by atoms with Gasteiger partial charge in [-0.05, 0) is 32.0 Å². The average Bonchev–Trinajstić information content (AvgIpc) is 2.83. The van der Waals surface area contributed by atoms with Gasteiger partial charge in [0, 0.05) is 18.2 Å². The lowest BCUT2D eigenvalue weighted by Gasteiger charge is -2.24. The van der Waals surface area contributed by atoms with Crippen LogP contribution in [0.4, 0.5) is 5.69 Å². The van der Waals surface area contributed by atoms with Crippen molar-refractivity contribution < 1.29 is 18.1 Å². The number of sulfonamides is 1. The van der Waals surface area contributed by atoms with Crippen molar-refractivity contribution in [3.8, 4) is 5.75 Å². The molecular formula is C12H17N3O5S. The van der Waals surface area contributed by atoms with Crippen LogP contribution in [0.25, 0.3) is 0 Å². The first kappa shape index (κ1) is 15.7. The second-order valence-corrected chi connectivity index (χ2v) is 6.87. The number of nitrogens with one attached hydrogen (secondary N) is 2. The molecule has 0 radical (unpaired) electrons. The molecule has 21 heavy (non-hydrogen) atoms. The molecule has 2 N–H and O–H groups in total. The van der Waals surface area contributed by atoms with Crippen molar-refractivity contribution in [2.45, 2.75) is 23.8 Å². The van der Waals surface area contributed by atoms with Crippen LogP contribution < -0.4 is 14.8 Å². The first-order chi connectivity index (χ1) is 9.77. The summed E-state index contributed by atoms with van der Waals surface area (Å²) in [4.78, 5) is 10.1. The maximum atomic E-state index is 12.4. The number of nitrogens with zero attached hydrogens (tertiary/aromatic N) is 1. The Labute approximate surface area is 122 Å². The fourth-order valence-electron chi connectivity index (χ4n) is 2.27. The van der Waals surface area contributed by atoms with Gasteiger partial charge in [0.25, 0.3) is 0 Å². The van der Waals surface area contributed by atoms with E-state index in [2.05, 4.69) is 10.0 Å². The molecule has 1 heterocycles. The molecule has 1 unspecified atom stereocenters. The summed E-state index contributed by atoms with van der Waals surface area (Å²) in [6.07, 6.45) is 0.657. The summed E-state index contributed by atoms with van der Waals surface area (Å²) in [5, 5.41) is 14.0. The number of rotatable bonds is 5. The Morgan fingerprint density at radius 2 is 2.19 bits per heavy atom. The van der Waals surface area contributed by atoms with Gasteiger partial charge in [0.15, 0.2) is 5.75 Å². The Balaban J connectivity index is 2.36. The Kier molecular flexibility index (Phi) is 4.17. The number of nitro benzene ring substituents is 1. The molecular weight excluding hydrogens is 298 g/mol. The van der Waals surface area contributed by atoms with Crippen LogP contribution in [0.15, 0.2) is 23.1 Å². The van der Waals surface area contributed by atoms with Gasteiger partial charge >= 0.3 is 5.69 Å². The van der Waals surface area contributed by atoms with Crippen LogP contribution in [0.5, 0.6) is 5.75 Å². The van der Waals surface area contributed by atoms with Crippen molar-refractivity contribution in [1.82, 2.24) is 10.0 Å². The van der Waals surface area contributed by atoms with Gasteiger partial charge in [-0.3, -0.25) is 10.1 Å². The van der Waals surface area contributed by atoms with Crippen molar-refractivity contribution >= 4 is 15.7 Å². The Morgan fingerprint density at radius 3 is 2.71 bits per heavy atom. The van der Waals surface area contributed by atoms with Crippen molar-refractivity contribution in [1.29, 1.82) is 0 Å². The molecule has 1 fully saturated rings. The number of benzene rings is 1. The molecule has 1 aromatic carbocycles. The molecule has 1 aromatic rings. The highest BCUT2D eigenvalue weighted by Gasteiger charge is 2.34. The minimum absolute atomic E-state index is 0.0210. The van der Waals surface area contributed by atoms with Crippen LogP contribution in [0.3, 0.4) is 0 Å². The monoisotopic (exact) mass is 315 g/mol. The zero-order valence-electron chi connectivity index (χ0n) is 11.8. The second kappa shape index (κ2) is 5.58. The standard InChI is InChI=1S/C12H17N3O5S/c1-12(5-6-13-8-12)14-21(18,19)9-3-4-11(20-2)10(7-9)15(16)17/h3-4,7,13-14H,5-6,8H2,1-2H3. The molecule has 1 aliphatic heterocycles. The van der Waals surface area contributed by atoms with Gasteiger partial charge in [0.05, 0.1) is 16.9 Å². The Morgan fingerprint density at radius 1 is 1.48 bits per heavy atom. The third-order valence-corrected chi connectivity index (χ3v) is 5.04. The molecule has 116 valence electrons. The summed E-state index contributed by atoms with van der Waals surface area (Å²) < 4.78 is 32.2. The van der Waals surface area contributed by atoms with Gasteiger partial charge in [-0.1, -0.05) is 0 Å². The van der Waals surface area contributed by atoms with Crippen LogP contribution in [0.2, 0.25) is 0 Å². The minimum Gasteiger partial charge on any atom is -0.490 e. The molecule has 0 saturated carbocycles. The number of methoxy groups -OCH3 is 1. The van der Waals surface area contributed by atoms with Crippen LogP contribution >= 0.6 is 0 Å². The normalized spacial score (nSPS) is 22.2. The summed E-state index contributed by atoms with van der Waals surface area (Å²) in [7, 11) is -2.54. The lowest BCUT2D eigenvalue weighted by molar-refractivity contribution is -0.386. The van der Waals surface area contributed by atoms with Crippen molar-refractivity contribution in [2.24, 2.45) is 0 Å². The third kappa shape index (κ3) is 3.31. The summed E-state index contributed by atoms with van der Waals surface area (Å²) >= 11 is 0. The maximum absolute atomic E-state index is 12.4. The zero-order chi connectivity index (χ0) is 15.7. The van der Waals surface area contributed by atoms with E-state index >= 15 is 0 Å². The quantitative estimate of drug-likeness (QED) is 0.609. The van der Waals surface area contributed by atoms with Gasteiger partial charge in [-0.25, -0.2) is 13.1 Å². The summed E-state index contributed by atoms with van der Waals surface area (Å²) in [6.45, 7) is 3.04. The first-order valence-corrected chi connectivity index (χ1v) is 7.83. The minimum atomic E-state index is -3.83. The highest BCUT2D eigenvalue weighted by molar-refractivity contribution is 7.89. The van der Waals surface area contributed by atoms with Crippen molar-refractivity contribution in [3.05, 3.63) is 28.3 Å². The molecule has 9 heteroatoms. The molecule has 2 rings (SSSR count). The Bertz CT molecular complexity index is 653.